The first-order chi connectivity index (χ1) is 17.0. The van der Waals surface area contributed by atoms with Crippen LogP contribution in [0.15, 0.2) is 18.2 Å². The number of nitrogens with one attached hydrogen (secondary N) is 1. The van der Waals surface area contributed by atoms with Gasteiger partial charge < -0.3 is 21.3 Å². The van der Waals surface area contributed by atoms with Crippen LogP contribution in [0.5, 0.6) is 5.75 Å². The average Bonchev–Trinajstić information content (AvgIpc) is 2.81. The summed E-state index contributed by atoms with van der Waals surface area (Å²) in [6, 6.07) is 2.09. The second kappa shape index (κ2) is 8.43. The highest BCUT2D eigenvalue weighted by Gasteiger charge is 2.69. The van der Waals surface area contributed by atoms with Crippen molar-refractivity contribution in [3.8, 4) is 5.75 Å². The molecule has 0 saturated heterocycles. The summed E-state index contributed by atoms with van der Waals surface area (Å²) >= 11 is 0. The minimum absolute atomic E-state index is 0.0264. The number of amides is 1. The number of hydrogen-bond acceptors (Lipinski definition) is 9. The molecule has 2 saturated carbocycles. The summed E-state index contributed by atoms with van der Waals surface area (Å²) < 4.78 is 0. The summed E-state index contributed by atoms with van der Waals surface area (Å²) in [6.07, 6.45) is 3.07. The number of aromatic hydroxyl groups is 1. The molecule has 2 unspecified atom stereocenters. The van der Waals surface area contributed by atoms with E-state index in [1.54, 1.807) is 20.2 Å². The zero-order valence-electron chi connectivity index (χ0n) is 20.1. The molecular formula is C26H29N3O7. The van der Waals surface area contributed by atoms with Crippen LogP contribution in [0.3, 0.4) is 0 Å². The Morgan fingerprint density at radius 2 is 1.89 bits per heavy atom. The predicted octanol–water partition coefficient (Wildman–Crippen LogP) is -0.756. The number of phenols is 1. The Morgan fingerprint density at radius 3 is 2.50 bits per heavy atom. The third-order valence-corrected chi connectivity index (χ3v) is 8.35. The van der Waals surface area contributed by atoms with E-state index in [0.29, 0.717) is 12.1 Å². The molecule has 1 heterocycles. The molecular weight excluding hydrogens is 466 g/mol. The molecule has 1 aliphatic heterocycles. The van der Waals surface area contributed by atoms with E-state index in [-0.39, 0.29) is 24.2 Å². The molecule has 36 heavy (non-hydrogen) atoms. The maximum atomic E-state index is 13.8. The van der Waals surface area contributed by atoms with Crippen LogP contribution in [-0.4, -0.2) is 83.0 Å². The lowest BCUT2D eigenvalue weighted by Gasteiger charge is -2.52. The molecule has 0 bridgehead atoms. The molecule has 5 N–H and O–H groups in total. The van der Waals surface area contributed by atoms with Crippen molar-refractivity contribution in [1.29, 1.82) is 0 Å². The second-order valence-electron chi connectivity index (χ2n) is 10.5. The topological polar surface area (TPSA) is 167 Å². The maximum absolute atomic E-state index is 13.8. The summed E-state index contributed by atoms with van der Waals surface area (Å²) in [4.78, 5) is 67.5. The number of benzene rings is 1. The SMILES string of the molecule is CN(C)[C@@H]1C(=O)C(C(N)=O)C(=O)[C@@]2(O)C(=O)C3C(=O)c4c(O)ccc(C5=CCNCC5)c4C[C@H]3C[C@@H]12. The Balaban J connectivity index is 1.64. The number of primary amides is 1. The predicted molar refractivity (Wildman–Crippen MR) is 127 cm³/mol. The van der Waals surface area contributed by atoms with Gasteiger partial charge in [-0.2, -0.15) is 0 Å². The van der Waals surface area contributed by atoms with E-state index in [0.717, 1.165) is 24.1 Å². The van der Waals surface area contributed by atoms with Gasteiger partial charge >= 0.3 is 0 Å². The largest absolute Gasteiger partial charge is 0.507 e. The monoisotopic (exact) mass is 495 g/mol. The van der Waals surface area contributed by atoms with Crippen molar-refractivity contribution in [1.82, 2.24) is 10.2 Å². The van der Waals surface area contributed by atoms with E-state index in [4.69, 9.17) is 5.73 Å². The number of Topliss-reactive ketones (excluding diaryl/α,β-unsaturated/α-hetero) is 4. The van der Waals surface area contributed by atoms with E-state index in [1.807, 2.05) is 6.08 Å². The fourth-order valence-electron chi connectivity index (χ4n) is 6.77. The van der Waals surface area contributed by atoms with Gasteiger partial charge in [-0.25, -0.2) is 0 Å². The number of rotatable bonds is 3. The number of carbonyl (C=O) groups excluding carboxylic acids is 5. The fraction of sp³-hybridized carbons (Fsp3) is 0.500. The highest BCUT2D eigenvalue weighted by molar-refractivity contribution is 6.32. The van der Waals surface area contributed by atoms with Gasteiger partial charge in [-0.1, -0.05) is 12.1 Å². The molecule has 6 atom stereocenters. The first-order valence-corrected chi connectivity index (χ1v) is 12.1. The fourth-order valence-corrected chi connectivity index (χ4v) is 6.77. The summed E-state index contributed by atoms with van der Waals surface area (Å²) in [7, 11) is 3.13. The van der Waals surface area contributed by atoms with E-state index in [2.05, 4.69) is 5.32 Å². The molecule has 3 aliphatic carbocycles. The number of carbonyl (C=O) groups is 5. The molecule has 10 nitrogen and oxygen atoms in total. The Morgan fingerprint density at radius 1 is 1.17 bits per heavy atom. The third-order valence-electron chi connectivity index (χ3n) is 8.35. The van der Waals surface area contributed by atoms with Crippen molar-refractivity contribution in [2.75, 3.05) is 27.2 Å². The van der Waals surface area contributed by atoms with Crippen LogP contribution >= 0.6 is 0 Å². The molecule has 0 spiro atoms. The van der Waals surface area contributed by atoms with Crippen molar-refractivity contribution < 1.29 is 34.2 Å². The van der Waals surface area contributed by atoms with E-state index >= 15 is 0 Å². The van der Waals surface area contributed by atoms with Gasteiger partial charge in [0.1, 0.15) is 5.75 Å². The Kier molecular flexibility index (Phi) is 5.73. The first-order valence-electron chi connectivity index (χ1n) is 12.1. The molecule has 1 aromatic rings. The lowest BCUT2D eigenvalue weighted by atomic mass is 9.52. The number of nitrogens with zero attached hydrogens (tertiary/aromatic N) is 1. The second-order valence-corrected chi connectivity index (χ2v) is 10.5. The number of ketones is 4. The lowest BCUT2D eigenvalue weighted by Crippen LogP contribution is -2.74. The van der Waals surface area contributed by atoms with Gasteiger partial charge in [0.05, 0.1) is 17.5 Å². The summed E-state index contributed by atoms with van der Waals surface area (Å²) in [6.45, 7) is 1.44. The minimum Gasteiger partial charge on any atom is -0.507 e. The molecule has 0 aromatic heterocycles. The van der Waals surface area contributed by atoms with Crippen molar-refractivity contribution >= 4 is 34.6 Å². The smallest absolute Gasteiger partial charge is 0.235 e. The zero-order valence-corrected chi connectivity index (χ0v) is 20.1. The van der Waals surface area contributed by atoms with Gasteiger partial charge in [0.2, 0.25) is 5.91 Å². The van der Waals surface area contributed by atoms with Crippen molar-refractivity contribution in [3.63, 3.8) is 0 Å². The van der Waals surface area contributed by atoms with Gasteiger partial charge in [-0.15, -0.1) is 0 Å². The van der Waals surface area contributed by atoms with Crippen LogP contribution in [0.2, 0.25) is 0 Å². The van der Waals surface area contributed by atoms with Gasteiger partial charge in [-0.3, -0.25) is 28.9 Å². The Hall–Kier alpha value is -3.21. The average molecular weight is 496 g/mol. The van der Waals surface area contributed by atoms with Crippen LogP contribution < -0.4 is 11.1 Å². The Bertz CT molecular complexity index is 1250. The molecule has 2 fully saturated rings. The normalized spacial score (nSPS) is 34.1. The number of hydrogen-bond donors (Lipinski definition) is 4. The number of phenolic OH excluding ortho intramolecular Hbond substituents is 1. The minimum atomic E-state index is -2.71. The summed E-state index contributed by atoms with van der Waals surface area (Å²) in [5, 5.41) is 25.5. The van der Waals surface area contributed by atoms with E-state index in [9.17, 15) is 34.2 Å². The lowest BCUT2D eigenvalue weighted by molar-refractivity contribution is -0.181. The highest BCUT2D eigenvalue weighted by Crippen LogP contribution is 2.51. The molecule has 1 aromatic carbocycles. The first kappa shape index (κ1) is 24.5. The quantitative estimate of drug-likeness (QED) is 0.394. The molecule has 4 aliphatic rings. The van der Waals surface area contributed by atoms with Gasteiger partial charge in [0.15, 0.2) is 34.7 Å². The van der Waals surface area contributed by atoms with Crippen LogP contribution in [0.25, 0.3) is 5.57 Å². The number of aliphatic hydroxyl groups is 1. The molecule has 1 amide bonds. The van der Waals surface area contributed by atoms with Crippen LogP contribution in [-0.2, 0) is 25.6 Å². The zero-order chi connectivity index (χ0) is 26.1. The van der Waals surface area contributed by atoms with Crippen LogP contribution in [0.1, 0.15) is 34.3 Å². The molecule has 190 valence electrons. The van der Waals surface area contributed by atoms with Gasteiger partial charge in [0.25, 0.3) is 0 Å². The van der Waals surface area contributed by atoms with Gasteiger partial charge in [-0.05, 0) is 68.6 Å². The highest BCUT2D eigenvalue weighted by atomic mass is 16.3. The van der Waals surface area contributed by atoms with Crippen molar-refractivity contribution in [3.05, 3.63) is 34.9 Å². The molecule has 10 heteroatoms. The van der Waals surface area contributed by atoms with E-state index < -0.39 is 64.4 Å². The van der Waals surface area contributed by atoms with Crippen molar-refractivity contribution in [2.45, 2.75) is 30.9 Å². The third kappa shape index (κ3) is 3.24. The summed E-state index contributed by atoms with van der Waals surface area (Å²) in [5.41, 5.74) is 5.16. The van der Waals surface area contributed by atoms with Crippen LogP contribution in [0, 0.1) is 23.7 Å². The number of nitrogens with two attached hydrogens (primary N) is 1. The number of fused-ring (bicyclic) bond motifs is 3. The summed E-state index contributed by atoms with van der Waals surface area (Å²) in [5.74, 6) is -10.3. The molecule has 0 radical (unpaired) electrons. The van der Waals surface area contributed by atoms with Crippen LogP contribution in [0.4, 0.5) is 0 Å². The van der Waals surface area contributed by atoms with Gasteiger partial charge in [0, 0.05) is 12.5 Å². The standard InChI is InChI=1S/C26H29N3O7/c1-29(2)20-15-10-12-9-14-13(11-5-7-28-8-6-11)3-4-16(30)18(14)21(31)17(12)23(33)26(15,36)24(34)19(22(20)32)25(27)35/h3-5,12,15,17,19-20,28,30,36H,6-10H2,1-2H3,(H2,27,35)/t12-,15-,17?,19?,20-,26-/m0/s1. The van der Waals surface area contributed by atoms with Crippen molar-refractivity contribution in [2.24, 2.45) is 29.4 Å². The number of likely N-dealkylation sites (N-methyl/N-ethyl adjacent to an activating group) is 1. The Labute approximate surface area is 207 Å². The van der Waals surface area contributed by atoms with E-state index in [1.165, 1.54) is 11.0 Å². The maximum Gasteiger partial charge on any atom is 0.235 e. The molecule has 5 rings (SSSR count).